The molecule has 0 spiro atoms. The van der Waals surface area contributed by atoms with E-state index in [1.54, 1.807) is 17.0 Å². The number of likely N-dealkylation sites (tertiary alicyclic amines) is 1. The monoisotopic (exact) mass is 510 g/mol. The van der Waals surface area contributed by atoms with Gasteiger partial charge in [0, 0.05) is 43.2 Å². The lowest BCUT2D eigenvalue weighted by atomic mass is 9.89. The largest absolute Gasteiger partial charge is 0.467 e. The van der Waals surface area contributed by atoms with Gasteiger partial charge >= 0.3 is 6.03 Å². The second-order valence-corrected chi connectivity index (χ2v) is 10.9. The van der Waals surface area contributed by atoms with E-state index in [4.69, 9.17) is 4.74 Å². The number of amides is 3. The van der Waals surface area contributed by atoms with Gasteiger partial charge in [-0.15, -0.1) is 0 Å². The van der Waals surface area contributed by atoms with E-state index in [0.29, 0.717) is 17.7 Å². The number of carbonyl (C=O) groups is 2. The molecule has 2 saturated heterocycles. The van der Waals surface area contributed by atoms with Crippen molar-refractivity contribution in [3.63, 3.8) is 0 Å². The van der Waals surface area contributed by atoms with Crippen LogP contribution in [0, 0.1) is 6.92 Å². The summed E-state index contributed by atoms with van der Waals surface area (Å²) in [4.78, 5) is 30.6. The van der Waals surface area contributed by atoms with Crippen molar-refractivity contribution in [2.75, 3.05) is 18.0 Å². The molecule has 7 nitrogen and oxygen atoms in total. The SMILES string of the molecule is Cc1ccc2c(c1)[C@H]1C[C@@](C)(O2)N(c2cccc(C(=O)NC3CCN(Cc4ccccc4)CC3)c2)C(=O)N1. The van der Waals surface area contributed by atoms with Crippen molar-refractivity contribution in [2.45, 2.75) is 57.5 Å². The van der Waals surface area contributed by atoms with E-state index in [1.165, 1.54) is 5.56 Å². The second kappa shape index (κ2) is 9.80. The van der Waals surface area contributed by atoms with Crippen molar-refractivity contribution < 1.29 is 14.3 Å². The molecule has 2 N–H and O–H groups in total. The number of anilines is 1. The number of ether oxygens (including phenoxy) is 1. The lowest BCUT2D eigenvalue weighted by Crippen LogP contribution is -2.65. The normalized spacial score (nSPS) is 23.3. The highest BCUT2D eigenvalue weighted by Gasteiger charge is 2.49. The average molecular weight is 511 g/mol. The molecule has 3 aromatic rings. The van der Waals surface area contributed by atoms with Crippen molar-refractivity contribution in [1.29, 1.82) is 0 Å². The smallest absolute Gasteiger partial charge is 0.325 e. The first-order chi connectivity index (χ1) is 18.4. The van der Waals surface area contributed by atoms with Gasteiger partial charge in [0.25, 0.3) is 5.91 Å². The van der Waals surface area contributed by atoms with Crippen molar-refractivity contribution in [2.24, 2.45) is 0 Å². The van der Waals surface area contributed by atoms with Crippen LogP contribution in [0.25, 0.3) is 0 Å². The molecule has 196 valence electrons. The van der Waals surface area contributed by atoms with Crippen molar-refractivity contribution >= 4 is 17.6 Å². The summed E-state index contributed by atoms with van der Waals surface area (Å²) >= 11 is 0. The molecule has 3 aliphatic heterocycles. The Balaban J connectivity index is 1.13. The van der Waals surface area contributed by atoms with Gasteiger partial charge in [-0.05, 0) is 56.5 Å². The maximum atomic E-state index is 13.3. The van der Waals surface area contributed by atoms with Gasteiger partial charge in [0.2, 0.25) is 0 Å². The van der Waals surface area contributed by atoms with Crippen LogP contribution in [0.15, 0.2) is 72.8 Å². The summed E-state index contributed by atoms with van der Waals surface area (Å²) in [5, 5.41) is 6.36. The molecule has 2 fully saturated rings. The zero-order valence-electron chi connectivity index (χ0n) is 21.9. The van der Waals surface area contributed by atoms with Crippen molar-refractivity contribution in [1.82, 2.24) is 15.5 Å². The standard InChI is InChI=1S/C31H34N4O3/c1-21-11-12-28-26(17-21)27-19-31(2,38-28)35(30(37)33-27)25-10-6-9-23(18-25)29(36)32-24-13-15-34(16-14-24)20-22-7-4-3-5-8-22/h3-12,17-18,24,27H,13-16,19-20H2,1-2H3,(H,32,36)(H,33,37)/t27-,31-/m1/s1. The van der Waals surface area contributed by atoms with E-state index in [-0.39, 0.29) is 24.0 Å². The van der Waals surface area contributed by atoms with Crippen molar-refractivity contribution in [3.8, 4) is 5.75 Å². The van der Waals surface area contributed by atoms with Crippen LogP contribution < -0.4 is 20.3 Å². The van der Waals surface area contributed by atoms with Gasteiger partial charge in [0.15, 0.2) is 5.72 Å². The van der Waals surface area contributed by atoms with E-state index < -0.39 is 5.72 Å². The van der Waals surface area contributed by atoms with E-state index in [9.17, 15) is 9.59 Å². The van der Waals surface area contributed by atoms with Gasteiger partial charge in [0.1, 0.15) is 5.75 Å². The highest BCUT2D eigenvalue weighted by Crippen LogP contribution is 2.45. The molecular weight excluding hydrogens is 476 g/mol. The highest BCUT2D eigenvalue weighted by molar-refractivity contribution is 5.99. The van der Waals surface area contributed by atoms with Gasteiger partial charge in [-0.3, -0.25) is 14.6 Å². The Morgan fingerprint density at radius 3 is 2.63 bits per heavy atom. The van der Waals surface area contributed by atoms with Crippen LogP contribution in [-0.2, 0) is 6.54 Å². The molecule has 3 heterocycles. The van der Waals surface area contributed by atoms with Gasteiger partial charge in [-0.25, -0.2) is 4.79 Å². The van der Waals surface area contributed by atoms with E-state index in [2.05, 4.69) is 45.9 Å². The number of urea groups is 1. The fourth-order valence-electron chi connectivity index (χ4n) is 6.02. The van der Waals surface area contributed by atoms with Gasteiger partial charge in [-0.1, -0.05) is 54.1 Å². The zero-order valence-corrected chi connectivity index (χ0v) is 21.9. The first-order valence-electron chi connectivity index (χ1n) is 13.5. The summed E-state index contributed by atoms with van der Waals surface area (Å²) in [7, 11) is 0. The zero-order chi connectivity index (χ0) is 26.3. The summed E-state index contributed by atoms with van der Waals surface area (Å²) in [6, 6.07) is 23.6. The number of hydrogen-bond acceptors (Lipinski definition) is 4. The molecule has 3 aliphatic rings. The van der Waals surface area contributed by atoms with Crippen LogP contribution >= 0.6 is 0 Å². The van der Waals surface area contributed by atoms with Crippen LogP contribution in [0.1, 0.15) is 59.3 Å². The Labute approximate surface area is 223 Å². The molecule has 6 rings (SSSR count). The van der Waals surface area contributed by atoms with Crippen LogP contribution in [0.3, 0.4) is 0 Å². The van der Waals surface area contributed by atoms with Crippen LogP contribution in [0.2, 0.25) is 0 Å². The van der Waals surface area contributed by atoms with E-state index >= 15 is 0 Å². The predicted molar refractivity (Wildman–Crippen MR) is 147 cm³/mol. The lowest BCUT2D eigenvalue weighted by molar-refractivity contribution is 0.0378. The maximum Gasteiger partial charge on any atom is 0.325 e. The number of fused-ring (bicyclic) bond motifs is 4. The van der Waals surface area contributed by atoms with Gasteiger partial charge in [0.05, 0.1) is 11.7 Å². The highest BCUT2D eigenvalue weighted by atomic mass is 16.5. The third kappa shape index (κ3) is 4.74. The van der Waals surface area contributed by atoms with Gasteiger partial charge < -0.3 is 15.4 Å². The number of nitrogens with zero attached hydrogens (tertiary/aromatic N) is 2. The third-order valence-corrected chi connectivity index (χ3v) is 7.97. The molecule has 0 radical (unpaired) electrons. The molecule has 7 heteroatoms. The minimum absolute atomic E-state index is 0.105. The molecule has 3 aromatic carbocycles. The number of benzene rings is 3. The maximum absolute atomic E-state index is 13.3. The summed E-state index contributed by atoms with van der Waals surface area (Å²) in [5.74, 6) is 0.672. The molecule has 38 heavy (non-hydrogen) atoms. The molecule has 0 aliphatic carbocycles. The first-order valence-corrected chi connectivity index (χ1v) is 13.5. The summed E-state index contributed by atoms with van der Waals surface area (Å²) in [6.07, 6.45) is 2.45. The first kappa shape index (κ1) is 24.5. The predicted octanol–water partition coefficient (Wildman–Crippen LogP) is 5.16. The average Bonchev–Trinajstić information content (AvgIpc) is 2.91. The number of piperidine rings is 1. The van der Waals surface area contributed by atoms with Crippen LogP contribution in [0.5, 0.6) is 5.75 Å². The fraction of sp³-hybridized carbons (Fsp3) is 0.355. The third-order valence-electron chi connectivity index (χ3n) is 7.97. The summed E-state index contributed by atoms with van der Waals surface area (Å²) < 4.78 is 6.42. The van der Waals surface area contributed by atoms with Gasteiger partial charge in [-0.2, -0.15) is 0 Å². The summed E-state index contributed by atoms with van der Waals surface area (Å²) in [5.41, 5.74) is 3.79. The Morgan fingerprint density at radius 1 is 1.05 bits per heavy atom. The molecular formula is C31H34N4O3. The quantitative estimate of drug-likeness (QED) is 0.497. The Morgan fingerprint density at radius 2 is 1.84 bits per heavy atom. The van der Waals surface area contributed by atoms with E-state index in [0.717, 1.165) is 49.4 Å². The molecule has 3 amide bonds. The Bertz CT molecular complexity index is 1350. The van der Waals surface area contributed by atoms with Crippen LogP contribution in [0.4, 0.5) is 10.5 Å². The minimum Gasteiger partial charge on any atom is -0.467 e. The summed E-state index contributed by atoms with van der Waals surface area (Å²) in [6.45, 7) is 6.82. The Hall–Kier alpha value is -3.84. The molecule has 0 unspecified atom stereocenters. The van der Waals surface area contributed by atoms with Crippen molar-refractivity contribution in [3.05, 3.63) is 95.1 Å². The van der Waals surface area contributed by atoms with E-state index in [1.807, 2.05) is 44.2 Å². The molecule has 2 bridgehead atoms. The van der Waals surface area contributed by atoms with Crippen LogP contribution in [-0.4, -0.2) is 41.7 Å². The minimum atomic E-state index is -0.851. The Kier molecular flexibility index (Phi) is 6.32. The fourth-order valence-corrected chi connectivity index (χ4v) is 6.02. The number of aryl methyl sites for hydroxylation is 1. The molecule has 2 atom stereocenters. The molecule has 0 saturated carbocycles. The molecule has 0 aromatic heterocycles. The number of rotatable bonds is 5. The second-order valence-electron chi connectivity index (χ2n) is 10.9. The number of carbonyl (C=O) groups excluding carboxylic acids is 2. The topological polar surface area (TPSA) is 73.9 Å². The number of hydrogen-bond donors (Lipinski definition) is 2. The lowest BCUT2D eigenvalue weighted by Gasteiger charge is -2.50. The number of nitrogens with one attached hydrogen (secondary N) is 2.